The van der Waals surface area contributed by atoms with Crippen LogP contribution in [0.3, 0.4) is 0 Å². The highest BCUT2D eigenvalue weighted by atomic mass is 16.5. The second kappa shape index (κ2) is 4.75. The van der Waals surface area contributed by atoms with Crippen molar-refractivity contribution in [3.8, 4) is 0 Å². The fourth-order valence-corrected chi connectivity index (χ4v) is 2.11. The highest BCUT2D eigenvalue weighted by molar-refractivity contribution is 5.92. The molecular formula is C11H17N3O3. The molecule has 6 nitrogen and oxygen atoms in total. The van der Waals surface area contributed by atoms with Crippen molar-refractivity contribution in [2.24, 2.45) is 0 Å². The fraction of sp³-hybridized carbons (Fsp3) is 0.636. The van der Waals surface area contributed by atoms with Gasteiger partial charge in [-0.1, -0.05) is 0 Å². The van der Waals surface area contributed by atoms with Crippen molar-refractivity contribution in [1.29, 1.82) is 0 Å². The van der Waals surface area contributed by atoms with E-state index in [0.29, 0.717) is 5.82 Å². The molecule has 2 heterocycles. The number of nitrogen functional groups attached to an aromatic ring is 1. The minimum atomic E-state index is -0.513. The zero-order valence-electron chi connectivity index (χ0n) is 10.0. The standard InChI is InChI=1S/C11H17N3O3/c1-7(8-4-3-5-17-8)14-6-13-9(10(14)12)11(15)16-2/h6-8H,3-5,12H2,1-2H3. The molecule has 0 radical (unpaired) electrons. The second-order valence-electron chi connectivity index (χ2n) is 4.17. The molecule has 1 aliphatic heterocycles. The van der Waals surface area contributed by atoms with Crippen LogP contribution in [0.25, 0.3) is 0 Å². The van der Waals surface area contributed by atoms with E-state index in [1.165, 1.54) is 7.11 Å². The van der Waals surface area contributed by atoms with Crippen LogP contribution in [-0.2, 0) is 9.47 Å². The Kier molecular flexibility index (Phi) is 3.33. The van der Waals surface area contributed by atoms with Crippen molar-refractivity contribution in [2.45, 2.75) is 31.9 Å². The molecule has 1 aromatic rings. The number of esters is 1. The fourth-order valence-electron chi connectivity index (χ4n) is 2.11. The van der Waals surface area contributed by atoms with E-state index < -0.39 is 5.97 Å². The number of aromatic nitrogens is 2. The number of hydrogen-bond acceptors (Lipinski definition) is 5. The van der Waals surface area contributed by atoms with Gasteiger partial charge < -0.3 is 19.8 Å². The van der Waals surface area contributed by atoms with Crippen LogP contribution in [0.1, 0.15) is 36.3 Å². The smallest absolute Gasteiger partial charge is 0.360 e. The van der Waals surface area contributed by atoms with E-state index in [1.54, 1.807) is 10.9 Å². The first-order valence-corrected chi connectivity index (χ1v) is 5.67. The van der Waals surface area contributed by atoms with Crippen molar-refractivity contribution < 1.29 is 14.3 Å². The van der Waals surface area contributed by atoms with Crippen LogP contribution in [0, 0.1) is 0 Å². The molecule has 0 aliphatic carbocycles. The van der Waals surface area contributed by atoms with Gasteiger partial charge in [0.1, 0.15) is 5.82 Å². The molecule has 0 aromatic carbocycles. The maximum Gasteiger partial charge on any atom is 0.360 e. The quantitative estimate of drug-likeness (QED) is 0.796. The van der Waals surface area contributed by atoms with Gasteiger partial charge in [0.2, 0.25) is 0 Å². The molecule has 2 N–H and O–H groups in total. The Balaban J connectivity index is 2.21. The van der Waals surface area contributed by atoms with Gasteiger partial charge in [0.25, 0.3) is 0 Å². The zero-order valence-corrected chi connectivity index (χ0v) is 10.0. The largest absolute Gasteiger partial charge is 0.464 e. The summed E-state index contributed by atoms with van der Waals surface area (Å²) in [4.78, 5) is 15.4. The van der Waals surface area contributed by atoms with Crippen molar-refractivity contribution in [3.05, 3.63) is 12.0 Å². The van der Waals surface area contributed by atoms with E-state index in [4.69, 9.17) is 10.5 Å². The number of hydrogen-bond donors (Lipinski definition) is 1. The molecule has 2 atom stereocenters. The van der Waals surface area contributed by atoms with Gasteiger partial charge in [-0.25, -0.2) is 9.78 Å². The van der Waals surface area contributed by atoms with E-state index in [0.717, 1.165) is 19.4 Å². The van der Waals surface area contributed by atoms with Crippen LogP contribution in [0.2, 0.25) is 0 Å². The lowest BCUT2D eigenvalue weighted by Crippen LogP contribution is -2.22. The maximum atomic E-state index is 11.4. The number of ether oxygens (including phenoxy) is 2. The monoisotopic (exact) mass is 239 g/mol. The lowest BCUT2D eigenvalue weighted by atomic mass is 10.1. The Morgan fingerprint density at radius 2 is 2.53 bits per heavy atom. The van der Waals surface area contributed by atoms with Gasteiger partial charge in [-0.15, -0.1) is 0 Å². The minimum Gasteiger partial charge on any atom is -0.464 e. The van der Waals surface area contributed by atoms with Crippen LogP contribution in [-0.4, -0.2) is 35.3 Å². The van der Waals surface area contributed by atoms with Crippen LogP contribution in [0.4, 0.5) is 5.82 Å². The number of methoxy groups -OCH3 is 1. The topological polar surface area (TPSA) is 79.4 Å². The average molecular weight is 239 g/mol. The summed E-state index contributed by atoms with van der Waals surface area (Å²) in [5, 5.41) is 0. The summed E-state index contributed by atoms with van der Waals surface area (Å²) in [6.07, 6.45) is 3.77. The molecule has 1 fully saturated rings. The first-order chi connectivity index (χ1) is 8.15. The second-order valence-corrected chi connectivity index (χ2v) is 4.17. The third-order valence-corrected chi connectivity index (χ3v) is 3.15. The third-order valence-electron chi connectivity index (χ3n) is 3.15. The van der Waals surface area contributed by atoms with E-state index >= 15 is 0 Å². The highest BCUT2D eigenvalue weighted by Gasteiger charge is 2.27. The highest BCUT2D eigenvalue weighted by Crippen LogP contribution is 2.27. The summed E-state index contributed by atoms with van der Waals surface area (Å²) in [6.45, 7) is 2.79. The molecule has 17 heavy (non-hydrogen) atoms. The van der Waals surface area contributed by atoms with Crippen molar-refractivity contribution in [2.75, 3.05) is 19.5 Å². The molecule has 1 aliphatic rings. The average Bonchev–Trinajstić information content (AvgIpc) is 2.96. The van der Waals surface area contributed by atoms with Crippen molar-refractivity contribution >= 4 is 11.8 Å². The number of carbonyl (C=O) groups is 1. The van der Waals surface area contributed by atoms with Gasteiger partial charge in [-0.3, -0.25) is 0 Å². The van der Waals surface area contributed by atoms with Crippen LogP contribution in [0.15, 0.2) is 6.33 Å². The van der Waals surface area contributed by atoms with E-state index in [-0.39, 0.29) is 17.8 Å². The Bertz CT molecular complexity index is 410. The van der Waals surface area contributed by atoms with Gasteiger partial charge in [-0.05, 0) is 19.8 Å². The molecule has 1 saturated heterocycles. The summed E-state index contributed by atoms with van der Waals surface area (Å²) in [6, 6.07) is 0.0726. The molecule has 6 heteroatoms. The summed E-state index contributed by atoms with van der Waals surface area (Å²) < 4.78 is 12.0. The molecule has 2 rings (SSSR count). The number of carbonyl (C=O) groups excluding carboxylic acids is 1. The molecule has 94 valence electrons. The lowest BCUT2D eigenvalue weighted by Gasteiger charge is -2.20. The zero-order chi connectivity index (χ0) is 12.4. The minimum absolute atomic E-state index is 0.0726. The predicted molar refractivity (Wildman–Crippen MR) is 61.7 cm³/mol. The Hall–Kier alpha value is -1.56. The van der Waals surface area contributed by atoms with Gasteiger partial charge >= 0.3 is 5.97 Å². The van der Waals surface area contributed by atoms with E-state index in [9.17, 15) is 4.79 Å². The number of imidazole rings is 1. The predicted octanol–water partition coefficient (Wildman–Crippen LogP) is 0.992. The lowest BCUT2D eigenvalue weighted by molar-refractivity contribution is 0.0594. The van der Waals surface area contributed by atoms with Crippen LogP contribution in [0.5, 0.6) is 0 Å². The summed E-state index contributed by atoms with van der Waals surface area (Å²) in [7, 11) is 1.31. The van der Waals surface area contributed by atoms with E-state index in [2.05, 4.69) is 9.72 Å². The SMILES string of the molecule is COC(=O)c1ncn(C(C)C2CCCO2)c1N. The maximum absolute atomic E-state index is 11.4. The van der Waals surface area contributed by atoms with Crippen LogP contribution < -0.4 is 5.73 Å². The molecule has 0 spiro atoms. The van der Waals surface area contributed by atoms with Gasteiger partial charge in [-0.2, -0.15) is 0 Å². The van der Waals surface area contributed by atoms with Crippen molar-refractivity contribution in [1.82, 2.24) is 9.55 Å². The van der Waals surface area contributed by atoms with Gasteiger partial charge in [0.15, 0.2) is 5.69 Å². The van der Waals surface area contributed by atoms with Gasteiger partial charge in [0.05, 0.1) is 25.6 Å². The number of nitrogens with two attached hydrogens (primary N) is 1. The normalized spacial score (nSPS) is 21.4. The van der Waals surface area contributed by atoms with Crippen molar-refractivity contribution in [3.63, 3.8) is 0 Å². The number of nitrogens with zero attached hydrogens (tertiary/aromatic N) is 2. The van der Waals surface area contributed by atoms with Crippen LogP contribution >= 0.6 is 0 Å². The Morgan fingerprint density at radius 1 is 1.76 bits per heavy atom. The Morgan fingerprint density at radius 3 is 3.12 bits per heavy atom. The molecule has 0 bridgehead atoms. The molecule has 2 unspecified atom stereocenters. The summed E-state index contributed by atoms with van der Waals surface area (Å²) in [5.74, 6) is -0.180. The summed E-state index contributed by atoms with van der Waals surface area (Å²) >= 11 is 0. The Labute approximate surface area is 99.7 Å². The van der Waals surface area contributed by atoms with Gasteiger partial charge in [0, 0.05) is 6.61 Å². The molecular weight excluding hydrogens is 222 g/mol. The number of anilines is 1. The summed E-state index contributed by atoms with van der Waals surface area (Å²) in [5.41, 5.74) is 6.06. The molecule has 1 aromatic heterocycles. The first kappa shape index (κ1) is 11.9. The van der Waals surface area contributed by atoms with E-state index in [1.807, 2.05) is 6.92 Å². The number of rotatable bonds is 3. The molecule has 0 amide bonds. The first-order valence-electron chi connectivity index (χ1n) is 5.67. The molecule has 0 saturated carbocycles. The third kappa shape index (κ3) is 2.12.